The van der Waals surface area contributed by atoms with Crippen molar-refractivity contribution in [3.63, 3.8) is 0 Å². The first-order valence-corrected chi connectivity index (χ1v) is 6.40. The Balaban J connectivity index is 2.18. The molecule has 0 aliphatic rings. The number of nitrogens with one attached hydrogen (secondary N) is 1. The van der Waals surface area contributed by atoms with E-state index in [1.54, 1.807) is 24.3 Å². The normalized spacial score (nSPS) is 10.9. The Bertz CT molecular complexity index is 830. The molecule has 0 saturated carbocycles. The first-order chi connectivity index (χ1) is 9.56. The van der Waals surface area contributed by atoms with Crippen LogP contribution in [0.4, 0.5) is 5.69 Å². The molecule has 0 atom stereocenters. The van der Waals surface area contributed by atoms with Gasteiger partial charge in [0.2, 0.25) is 0 Å². The van der Waals surface area contributed by atoms with Gasteiger partial charge in [0.1, 0.15) is 5.82 Å². The second-order valence-electron chi connectivity index (χ2n) is 4.15. The van der Waals surface area contributed by atoms with Gasteiger partial charge in [0.05, 0.1) is 26.0 Å². The maximum Gasteiger partial charge on any atom is 0.271 e. The zero-order valence-corrected chi connectivity index (χ0v) is 11.4. The SMILES string of the molecule is O=[N+]([O-])c1ccc2nc(-c3cccc(Cl)c3Cl)[nH]c2c1. The zero-order chi connectivity index (χ0) is 14.3. The number of hydrogen-bond donors (Lipinski definition) is 1. The predicted octanol–water partition coefficient (Wildman–Crippen LogP) is 4.44. The van der Waals surface area contributed by atoms with E-state index < -0.39 is 4.92 Å². The summed E-state index contributed by atoms with van der Waals surface area (Å²) in [5.74, 6) is 0.521. The van der Waals surface area contributed by atoms with Gasteiger partial charge < -0.3 is 4.98 Å². The molecule has 0 unspecified atom stereocenters. The lowest BCUT2D eigenvalue weighted by atomic mass is 10.2. The lowest BCUT2D eigenvalue weighted by Gasteiger charge is -2.01. The number of nitro groups is 1. The van der Waals surface area contributed by atoms with Crippen molar-refractivity contribution < 1.29 is 4.92 Å². The van der Waals surface area contributed by atoms with Gasteiger partial charge in [-0.3, -0.25) is 10.1 Å². The summed E-state index contributed by atoms with van der Waals surface area (Å²) in [7, 11) is 0. The van der Waals surface area contributed by atoms with E-state index in [0.29, 0.717) is 32.5 Å². The van der Waals surface area contributed by atoms with Gasteiger partial charge >= 0.3 is 0 Å². The Labute approximate surface area is 123 Å². The molecular formula is C13H7Cl2N3O2. The molecule has 20 heavy (non-hydrogen) atoms. The van der Waals surface area contributed by atoms with Gasteiger partial charge in [0, 0.05) is 17.7 Å². The number of aromatic nitrogens is 2. The maximum absolute atomic E-state index is 10.8. The number of nitro benzene ring substituents is 1. The molecule has 1 heterocycles. The second-order valence-corrected chi connectivity index (χ2v) is 4.93. The third kappa shape index (κ3) is 2.11. The first-order valence-electron chi connectivity index (χ1n) is 5.65. The Morgan fingerprint density at radius 3 is 2.75 bits per heavy atom. The highest BCUT2D eigenvalue weighted by Crippen LogP contribution is 2.33. The molecule has 7 heteroatoms. The van der Waals surface area contributed by atoms with E-state index >= 15 is 0 Å². The second kappa shape index (κ2) is 4.77. The maximum atomic E-state index is 10.8. The monoisotopic (exact) mass is 307 g/mol. The van der Waals surface area contributed by atoms with Gasteiger partial charge in [-0.2, -0.15) is 0 Å². The molecule has 3 aromatic rings. The lowest BCUT2D eigenvalue weighted by Crippen LogP contribution is -1.86. The molecule has 1 N–H and O–H groups in total. The van der Waals surface area contributed by atoms with E-state index in [0.717, 1.165) is 0 Å². The van der Waals surface area contributed by atoms with Crippen LogP contribution in [0.3, 0.4) is 0 Å². The predicted molar refractivity (Wildman–Crippen MR) is 78.2 cm³/mol. The molecule has 2 aromatic carbocycles. The summed E-state index contributed by atoms with van der Waals surface area (Å²) in [5, 5.41) is 11.6. The standard InChI is InChI=1S/C13H7Cl2N3O2/c14-9-3-1-2-8(12(9)15)13-16-10-5-4-7(18(19)20)6-11(10)17-13/h1-6H,(H,16,17). The van der Waals surface area contributed by atoms with Crippen LogP contribution < -0.4 is 0 Å². The van der Waals surface area contributed by atoms with E-state index in [-0.39, 0.29) is 5.69 Å². The van der Waals surface area contributed by atoms with E-state index in [4.69, 9.17) is 23.2 Å². The highest BCUT2D eigenvalue weighted by molar-refractivity contribution is 6.43. The quantitative estimate of drug-likeness (QED) is 0.561. The topological polar surface area (TPSA) is 71.8 Å². The molecule has 0 radical (unpaired) electrons. The molecule has 0 aliphatic carbocycles. The number of aromatic amines is 1. The molecule has 5 nitrogen and oxygen atoms in total. The minimum Gasteiger partial charge on any atom is -0.338 e. The van der Waals surface area contributed by atoms with Gasteiger partial charge in [-0.1, -0.05) is 29.3 Å². The third-order valence-corrected chi connectivity index (χ3v) is 3.70. The smallest absolute Gasteiger partial charge is 0.271 e. The van der Waals surface area contributed by atoms with Crippen LogP contribution in [0, 0.1) is 10.1 Å². The molecule has 100 valence electrons. The Morgan fingerprint density at radius 1 is 1.20 bits per heavy atom. The Morgan fingerprint density at radius 2 is 2.00 bits per heavy atom. The minimum atomic E-state index is -0.452. The van der Waals surface area contributed by atoms with Crippen LogP contribution in [0.15, 0.2) is 36.4 Å². The average Bonchev–Trinajstić information content (AvgIpc) is 2.84. The number of hydrogen-bond acceptors (Lipinski definition) is 3. The van der Waals surface area contributed by atoms with Gasteiger partial charge in [0.15, 0.2) is 0 Å². The fourth-order valence-corrected chi connectivity index (χ4v) is 2.32. The fraction of sp³-hybridized carbons (Fsp3) is 0. The third-order valence-electron chi connectivity index (χ3n) is 2.88. The van der Waals surface area contributed by atoms with Crippen LogP contribution in [0.25, 0.3) is 22.4 Å². The van der Waals surface area contributed by atoms with Crippen molar-refractivity contribution in [1.82, 2.24) is 9.97 Å². The molecule has 0 bridgehead atoms. The summed E-state index contributed by atoms with van der Waals surface area (Å²) in [5.41, 5.74) is 1.86. The van der Waals surface area contributed by atoms with Crippen LogP contribution in [0.2, 0.25) is 10.0 Å². The van der Waals surface area contributed by atoms with Crippen molar-refractivity contribution in [2.75, 3.05) is 0 Å². The van der Waals surface area contributed by atoms with Gasteiger partial charge in [-0.05, 0) is 18.2 Å². The number of imidazole rings is 1. The van der Waals surface area contributed by atoms with Crippen molar-refractivity contribution in [2.24, 2.45) is 0 Å². The molecule has 0 aliphatic heterocycles. The summed E-state index contributed by atoms with van der Waals surface area (Å²) in [4.78, 5) is 17.7. The highest BCUT2D eigenvalue weighted by atomic mass is 35.5. The molecule has 3 rings (SSSR count). The Kier molecular flexibility index (Phi) is 3.08. The number of non-ortho nitro benzene ring substituents is 1. The Hall–Kier alpha value is -2.11. The van der Waals surface area contributed by atoms with Gasteiger partial charge in [-0.15, -0.1) is 0 Å². The fourth-order valence-electron chi connectivity index (χ4n) is 1.93. The number of benzene rings is 2. The van der Waals surface area contributed by atoms with Crippen LogP contribution in [0.5, 0.6) is 0 Å². The van der Waals surface area contributed by atoms with Crippen molar-refractivity contribution in [1.29, 1.82) is 0 Å². The summed E-state index contributed by atoms with van der Waals surface area (Å²) < 4.78 is 0. The number of halogens is 2. The molecule has 1 aromatic heterocycles. The summed E-state index contributed by atoms with van der Waals surface area (Å²) in [6, 6.07) is 9.66. The van der Waals surface area contributed by atoms with Gasteiger partial charge in [0.25, 0.3) is 5.69 Å². The number of rotatable bonds is 2. The van der Waals surface area contributed by atoms with E-state index in [1.807, 2.05) is 0 Å². The zero-order valence-electron chi connectivity index (χ0n) is 9.93. The lowest BCUT2D eigenvalue weighted by molar-refractivity contribution is -0.384. The number of fused-ring (bicyclic) bond motifs is 1. The summed E-state index contributed by atoms with van der Waals surface area (Å²) >= 11 is 12.1. The minimum absolute atomic E-state index is 0.00453. The largest absolute Gasteiger partial charge is 0.338 e. The summed E-state index contributed by atoms with van der Waals surface area (Å²) in [6.07, 6.45) is 0. The van der Waals surface area contributed by atoms with Crippen molar-refractivity contribution in [3.05, 3.63) is 56.6 Å². The summed E-state index contributed by atoms with van der Waals surface area (Å²) in [6.45, 7) is 0. The number of nitrogens with zero attached hydrogens (tertiary/aromatic N) is 2. The van der Waals surface area contributed by atoms with Crippen molar-refractivity contribution in [3.8, 4) is 11.4 Å². The van der Waals surface area contributed by atoms with Crippen LogP contribution in [-0.4, -0.2) is 14.9 Å². The highest BCUT2D eigenvalue weighted by Gasteiger charge is 2.13. The average molecular weight is 308 g/mol. The molecule has 0 saturated heterocycles. The first kappa shape index (κ1) is 12.9. The van der Waals surface area contributed by atoms with Crippen LogP contribution in [-0.2, 0) is 0 Å². The van der Waals surface area contributed by atoms with Crippen molar-refractivity contribution in [2.45, 2.75) is 0 Å². The van der Waals surface area contributed by atoms with E-state index in [1.165, 1.54) is 12.1 Å². The molecule has 0 spiro atoms. The van der Waals surface area contributed by atoms with Crippen molar-refractivity contribution >= 4 is 39.9 Å². The van der Waals surface area contributed by atoms with Crippen LogP contribution in [0.1, 0.15) is 0 Å². The van der Waals surface area contributed by atoms with Gasteiger partial charge in [-0.25, -0.2) is 4.98 Å². The molecular weight excluding hydrogens is 301 g/mol. The van der Waals surface area contributed by atoms with E-state index in [2.05, 4.69) is 9.97 Å². The van der Waals surface area contributed by atoms with E-state index in [9.17, 15) is 10.1 Å². The van der Waals surface area contributed by atoms with Crippen LogP contribution >= 0.6 is 23.2 Å². The molecule has 0 amide bonds. The molecule has 0 fully saturated rings. The number of H-pyrrole nitrogens is 1.